The van der Waals surface area contributed by atoms with Crippen LogP contribution in [0.4, 0.5) is 0 Å². The van der Waals surface area contributed by atoms with Crippen LogP contribution in [0, 0.1) is 5.92 Å². The van der Waals surface area contributed by atoms with E-state index in [9.17, 15) is 24.9 Å². The molecule has 3 heterocycles. The Kier molecular flexibility index (Phi) is 18.5. The standard InChI is InChI=1S/C37H66O8/c1-3-4-5-12-16-29(39)17-15-20-32(41)34-22-24-36(45-34)35-23-21-33(44-35)31(40)19-14-11-9-7-6-8-10-13-18-30-26-28(25-27(2)38)37(42)43-30/h28-36,39-41H,3-26H2,1-2H3/t28-,29+,30+,31+,32-,33-,34-,35-,36-/m0/s1. The quantitative estimate of drug-likeness (QED) is 0.0714. The molecule has 3 aliphatic heterocycles. The fraction of sp³-hybridized carbons (Fsp3) is 0.946. The van der Waals surface area contributed by atoms with Crippen LogP contribution < -0.4 is 0 Å². The van der Waals surface area contributed by atoms with Crippen LogP contribution in [0.1, 0.15) is 168 Å². The van der Waals surface area contributed by atoms with E-state index in [0.717, 1.165) is 89.9 Å². The monoisotopic (exact) mass is 638 g/mol. The van der Waals surface area contributed by atoms with Gasteiger partial charge < -0.3 is 34.3 Å². The highest BCUT2D eigenvalue weighted by Gasteiger charge is 2.40. The van der Waals surface area contributed by atoms with Crippen molar-refractivity contribution >= 4 is 11.8 Å². The Morgan fingerprint density at radius 3 is 1.82 bits per heavy atom. The van der Waals surface area contributed by atoms with Crippen molar-refractivity contribution in [3.8, 4) is 0 Å². The van der Waals surface area contributed by atoms with Gasteiger partial charge in [-0.25, -0.2) is 0 Å². The Balaban J connectivity index is 1.14. The summed E-state index contributed by atoms with van der Waals surface area (Å²) in [7, 11) is 0. The van der Waals surface area contributed by atoms with Gasteiger partial charge in [0, 0.05) is 6.42 Å². The molecule has 0 bridgehead atoms. The number of unbranched alkanes of at least 4 members (excludes halogenated alkanes) is 10. The molecule has 8 nitrogen and oxygen atoms in total. The zero-order chi connectivity index (χ0) is 32.4. The fourth-order valence-corrected chi connectivity index (χ4v) is 7.58. The van der Waals surface area contributed by atoms with Gasteiger partial charge in [-0.1, -0.05) is 77.6 Å². The molecule has 0 saturated carbocycles. The maximum absolute atomic E-state index is 11.9. The molecule has 0 spiro atoms. The fourth-order valence-electron chi connectivity index (χ4n) is 7.58. The van der Waals surface area contributed by atoms with E-state index in [1.807, 2.05) is 0 Å². The van der Waals surface area contributed by atoms with E-state index in [0.29, 0.717) is 19.3 Å². The molecule has 3 rings (SSSR count). The Hall–Kier alpha value is -1.06. The molecule has 262 valence electrons. The highest BCUT2D eigenvalue weighted by molar-refractivity contribution is 5.83. The summed E-state index contributed by atoms with van der Waals surface area (Å²) in [5.41, 5.74) is 0. The zero-order valence-electron chi connectivity index (χ0n) is 28.5. The summed E-state index contributed by atoms with van der Waals surface area (Å²) in [4.78, 5) is 23.1. The van der Waals surface area contributed by atoms with Crippen LogP contribution in [0.5, 0.6) is 0 Å². The van der Waals surface area contributed by atoms with Crippen molar-refractivity contribution in [2.24, 2.45) is 5.92 Å². The molecule has 0 aliphatic carbocycles. The summed E-state index contributed by atoms with van der Waals surface area (Å²) in [6.07, 6.45) is 21.7. The van der Waals surface area contributed by atoms with Gasteiger partial charge in [-0.3, -0.25) is 4.79 Å². The summed E-state index contributed by atoms with van der Waals surface area (Å²) in [6, 6.07) is 0. The highest BCUT2D eigenvalue weighted by atomic mass is 16.6. The van der Waals surface area contributed by atoms with Crippen LogP contribution in [0.15, 0.2) is 0 Å². The van der Waals surface area contributed by atoms with Gasteiger partial charge in [0.1, 0.15) is 11.9 Å². The normalized spacial score (nSPS) is 28.8. The van der Waals surface area contributed by atoms with Crippen LogP contribution in [0.3, 0.4) is 0 Å². The lowest BCUT2D eigenvalue weighted by Gasteiger charge is -2.24. The molecule has 0 amide bonds. The van der Waals surface area contributed by atoms with E-state index in [2.05, 4.69) is 6.92 Å². The molecule has 0 aromatic carbocycles. The van der Waals surface area contributed by atoms with Crippen molar-refractivity contribution in [1.29, 1.82) is 0 Å². The lowest BCUT2D eigenvalue weighted by Crippen LogP contribution is -2.33. The molecule has 3 aliphatic rings. The van der Waals surface area contributed by atoms with Crippen LogP contribution in [0.2, 0.25) is 0 Å². The van der Waals surface area contributed by atoms with Crippen molar-refractivity contribution in [3.63, 3.8) is 0 Å². The first-order valence-corrected chi connectivity index (χ1v) is 18.8. The van der Waals surface area contributed by atoms with Crippen molar-refractivity contribution in [1.82, 2.24) is 0 Å². The van der Waals surface area contributed by atoms with Crippen LogP contribution in [0.25, 0.3) is 0 Å². The molecule has 3 N–H and O–H groups in total. The molecule has 0 aromatic heterocycles. The topological polar surface area (TPSA) is 123 Å². The van der Waals surface area contributed by atoms with Crippen LogP contribution >= 0.6 is 0 Å². The Bertz CT molecular complexity index is 820. The lowest BCUT2D eigenvalue weighted by molar-refractivity contribution is -0.145. The number of aliphatic hydroxyl groups excluding tert-OH is 3. The molecular formula is C37H66O8. The van der Waals surface area contributed by atoms with Crippen LogP contribution in [-0.2, 0) is 23.8 Å². The third-order valence-corrected chi connectivity index (χ3v) is 10.3. The average molecular weight is 639 g/mol. The predicted octanol–water partition coefficient (Wildman–Crippen LogP) is 7.12. The van der Waals surface area contributed by atoms with Gasteiger partial charge >= 0.3 is 5.97 Å². The lowest BCUT2D eigenvalue weighted by atomic mass is 9.96. The number of carbonyl (C=O) groups is 2. The Labute approximate surface area is 273 Å². The summed E-state index contributed by atoms with van der Waals surface area (Å²) in [6.45, 7) is 3.73. The number of ketones is 1. The van der Waals surface area contributed by atoms with Gasteiger partial charge in [-0.15, -0.1) is 0 Å². The zero-order valence-corrected chi connectivity index (χ0v) is 28.5. The van der Waals surface area contributed by atoms with Crippen molar-refractivity contribution in [2.45, 2.75) is 217 Å². The average Bonchev–Trinajstić information content (AvgIpc) is 3.76. The van der Waals surface area contributed by atoms with E-state index >= 15 is 0 Å². The maximum atomic E-state index is 11.9. The first kappa shape index (κ1) is 38.4. The van der Waals surface area contributed by atoms with Gasteiger partial charge in [0.15, 0.2) is 0 Å². The van der Waals surface area contributed by atoms with Gasteiger partial charge in [0.25, 0.3) is 0 Å². The number of rotatable bonds is 25. The number of hydrogen-bond acceptors (Lipinski definition) is 8. The first-order chi connectivity index (χ1) is 21.8. The number of carbonyl (C=O) groups excluding carboxylic acids is 2. The Morgan fingerprint density at radius 2 is 1.22 bits per heavy atom. The number of aliphatic hydroxyl groups is 3. The van der Waals surface area contributed by atoms with Gasteiger partial charge in [-0.2, -0.15) is 0 Å². The second-order valence-electron chi connectivity index (χ2n) is 14.5. The smallest absolute Gasteiger partial charge is 0.309 e. The number of ether oxygens (including phenoxy) is 3. The highest BCUT2D eigenvalue weighted by Crippen LogP contribution is 2.35. The molecule has 3 saturated heterocycles. The number of hydrogen-bond donors (Lipinski definition) is 3. The number of Topliss-reactive ketones (excluding diaryl/α,β-unsaturated/α-hetero) is 1. The molecule has 0 unspecified atom stereocenters. The van der Waals surface area contributed by atoms with Gasteiger partial charge in [0.2, 0.25) is 0 Å². The second kappa shape index (κ2) is 21.7. The van der Waals surface area contributed by atoms with E-state index in [1.165, 1.54) is 51.9 Å². The van der Waals surface area contributed by atoms with E-state index in [4.69, 9.17) is 14.2 Å². The molecule has 8 heteroatoms. The maximum Gasteiger partial charge on any atom is 0.309 e. The first-order valence-electron chi connectivity index (χ1n) is 18.8. The van der Waals surface area contributed by atoms with Gasteiger partial charge in [-0.05, 0) is 84.0 Å². The summed E-state index contributed by atoms with van der Waals surface area (Å²) < 4.78 is 17.9. The third kappa shape index (κ3) is 14.7. The molecule has 3 fully saturated rings. The third-order valence-electron chi connectivity index (χ3n) is 10.3. The summed E-state index contributed by atoms with van der Waals surface area (Å²) in [5.74, 6) is -0.366. The Morgan fingerprint density at radius 1 is 0.711 bits per heavy atom. The number of esters is 1. The molecule has 0 radical (unpaired) electrons. The largest absolute Gasteiger partial charge is 0.462 e. The minimum Gasteiger partial charge on any atom is -0.462 e. The predicted molar refractivity (Wildman–Crippen MR) is 176 cm³/mol. The van der Waals surface area contributed by atoms with E-state index in [-0.39, 0.29) is 54.3 Å². The SMILES string of the molecule is CCCCCC[C@@H](O)CCC[C@H](O)[C@@H]1CC[C@@H]([C@@H]2CC[C@@H]([C@H](O)CCCCCCCCCC[C@@H]3C[C@H](CC(C)=O)C(=O)O3)O2)O1. The van der Waals surface area contributed by atoms with E-state index in [1.54, 1.807) is 0 Å². The van der Waals surface area contributed by atoms with Crippen LogP contribution in [-0.4, -0.2) is 75.9 Å². The van der Waals surface area contributed by atoms with Crippen molar-refractivity contribution in [3.05, 3.63) is 0 Å². The minimum absolute atomic E-state index is 0.00262. The molecular weight excluding hydrogens is 572 g/mol. The molecule has 9 atom stereocenters. The van der Waals surface area contributed by atoms with Gasteiger partial charge in [0.05, 0.1) is 48.6 Å². The summed E-state index contributed by atoms with van der Waals surface area (Å²) in [5, 5.41) is 31.7. The second-order valence-corrected chi connectivity index (χ2v) is 14.5. The van der Waals surface area contributed by atoms with E-state index < -0.39 is 12.2 Å². The minimum atomic E-state index is -0.490. The number of cyclic esters (lactones) is 1. The molecule has 45 heavy (non-hydrogen) atoms. The van der Waals surface area contributed by atoms with Crippen molar-refractivity contribution < 1.29 is 39.1 Å². The molecule has 0 aromatic rings. The van der Waals surface area contributed by atoms with Crippen molar-refractivity contribution in [2.75, 3.05) is 0 Å². The summed E-state index contributed by atoms with van der Waals surface area (Å²) >= 11 is 0.